The molecule has 1 atom stereocenters. The third kappa shape index (κ3) is 6.08. The molecule has 3 aromatic rings. The first-order chi connectivity index (χ1) is 17.3. The molecule has 0 spiro atoms. The van der Waals surface area contributed by atoms with Gasteiger partial charge in [0.05, 0.1) is 11.7 Å². The summed E-state index contributed by atoms with van der Waals surface area (Å²) in [6.07, 6.45) is 8.17. The predicted octanol–water partition coefficient (Wildman–Crippen LogP) is 5.56. The van der Waals surface area contributed by atoms with E-state index >= 15 is 0 Å². The van der Waals surface area contributed by atoms with Crippen LogP contribution in [0.15, 0.2) is 54.6 Å². The molecule has 0 unspecified atom stereocenters. The Labute approximate surface area is 219 Å². The molecule has 1 aromatic heterocycles. The molecule has 2 amide bonds. The normalized spacial score (nSPS) is 16.8. The number of nitrogen functional groups attached to an aromatic ring is 1. The summed E-state index contributed by atoms with van der Waals surface area (Å²) >= 11 is 12.6. The molecule has 0 radical (unpaired) electrons. The first-order valence-electron chi connectivity index (χ1n) is 11.4. The Morgan fingerprint density at radius 1 is 1.19 bits per heavy atom. The maximum absolute atomic E-state index is 12.8. The number of nitrogens with two attached hydrogens (primary N) is 1. The molecule has 0 fully saturated rings. The summed E-state index contributed by atoms with van der Waals surface area (Å²) in [4.78, 5) is 33.1. The van der Waals surface area contributed by atoms with Crippen molar-refractivity contribution in [1.29, 1.82) is 0 Å². The molecule has 1 aliphatic rings. The molecule has 36 heavy (non-hydrogen) atoms. The number of aromatic nitrogens is 2. The lowest BCUT2D eigenvalue weighted by molar-refractivity contribution is -0.117. The first-order valence-corrected chi connectivity index (χ1v) is 12.2. The Morgan fingerprint density at radius 3 is 2.83 bits per heavy atom. The van der Waals surface area contributed by atoms with E-state index in [2.05, 4.69) is 20.9 Å². The number of amides is 2. The number of halogens is 2. The van der Waals surface area contributed by atoms with Gasteiger partial charge in [-0.25, -0.2) is 4.98 Å². The summed E-state index contributed by atoms with van der Waals surface area (Å²) in [6, 6.07) is 10.1. The summed E-state index contributed by atoms with van der Waals surface area (Å²) < 4.78 is 0. The number of aromatic amines is 1. The van der Waals surface area contributed by atoms with Gasteiger partial charge in [0.2, 0.25) is 11.8 Å². The van der Waals surface area contributed by atoms with Crippen LogP contribution in [0, 0.1) is 0 Å². The van der Waals surface area contributed by atoms with Crippen LogP contribution in [-0.2, 0) is 9.59 Å². The fraction of sp³-hybridized carbons (Fsp3) is 0.192. The number of fused-ring (bicyclic) bond motifs is 4. The van der Waals surface area contributed by atoms with Crippen molar-refractivity contribution in [3.63, 3.8) is 0 Å². The van der Waals surface area contributed by atoms with Crippen molar-refractivity contribution in [1.82, 2.24) is 15.3 Å². The van der Waals surface area contributed by atoms with E-state index in [0.717, 1.165) is 5.69 Å². The molecule has 2 aromatic carbocycles. The van der Waals surface area contributed by atoms with Gasteiger partial charge < -0.3 is 26.7 Å². The van der Waals surface area contributed by atoms with Gasteiger partial charge in [-0.15, -0.1) is 0 Å². The summed E-state index contributed by atoms with van der Waals surface area (Å²) in [5, 5.41) is 9.83. The lowest BCUT2D eigenvalue weighted by atomic mass is 10.1. The SMILES string of the molecule is CNc1ccc2c(c1)NC(=O)CC/C=C/C[C@H](NC(=O)/C=C/c1cc(Cl)ccc1N)c1nc-2c(Cl)[nH]1. The van der Waals surface area contributed by atoms with Gasteiger partial charge in [0, 0.05) is 41.5 Å². The van der Waals surface area contributed by atoms with Crippen molar-refractivity contribution < 1.29 is 9.59 Å². The molecule has 0 saturated carbocycles. The highest BCUT2D eigenvalue weighted by atomic mass is 35.5. The molecule has 0 saturated heterocycles. The highest BCUT2D eigenvalue weighted by molar-refractivity contribution is 6.32. The second-order valence-electron chi connectivity index (χ2n) is 8.26. The number of nitrogens with zero attached hydrogens (tertiary/aromatic N) is 1. The number of nitrogens with one attached hydrogen (secondary N) is 4. The quantitative estimate of drug-likeness (QED) is 0.173. The maximum atomic E-state index is 12.8. The highest BCUT2D eigenvalue weighted by Crippen LogP contribution is 2.35. The molecule has 186 valence electrons. The largest absolute Gasteiger partial charge is 0.398 e. The van der Waals surface area contributed by atoms with Crippen LogP contribution in [0.25, 0.3) is 17.3 Å². The average Bonchev–Trinajstić information content (AvgIpc) is 3.24. The van der Waals surface area contributed by atoms with E-state index in [9.17, 15) is 9.59 Å². The van der Waals surface area contributed by atoms with Crippen LogP contribution in [0.3, 0.4) is 0 Å². The molecule has 0 aliphatic carbocycles. The lowest BCUT2D eigenvalue weighted by Crippen LogP contribution is -2.27. The van der Waals surface area contributed by atoms with Gasteiger partial charge in [0.1, 0.15) is 16.7 Å². The third-order valence-corrected chi connectivity index (χ3v) is 6.21. The summed E-state index contributed by atoms with van der Waals surface area (Å²) in [5.74, 6) is 0.0514. The summed E-state index contributed by atoms with van der Waals surface area (Å²) in [6.45, 7) is 0. The number of carbonyl (C=O) groups excluding carboxylic acids is 2. The molecule has 4 rings (SSSR count). The van der Waals surface area contributed by atoms with E-state index in [-0.39, 0.29) is 11.8 Å². The minimum atomic E-state index is -0.481. The van der Waals surface area contributed by atoms with Crippen molar-refractivity contribution in [3.05, 3.63) is 76.2 Å². The predicted molar refractivity (Wildman–Crippen MR) is 146 cm³/mol. The number of imidazole rings is 1. The van der Waals surface area contributed by atoms with E-state index < -0.39 is 6.04 Å². The van der Waals surface area contributed by atoms with Crippen molar-refractivity contribution in [2.75, 3.05) is 23.4 Å². The Hall–Kier alpha value is -3.75. The maximum Gasteiger partial charge on any atom is 0.244 e. The number of hydrogen-bond acceptors (Lipinski definition) is 5. The zero-order valence-corrected chi connectivity index (χ0v) is 21.1. The standard InChI is InChI=1S/C26H26Cl2N6O2/c1-30-17-9-10-18-21(14-17)32-22(35)6-4-2-3-5-20(26-33-24(18)25(28)34-26)31-23(36)12-7-15-13-16(27)8-11-19(15)29/h2-3,7-14,20,30H,4-6,29H2,1H3,(H,31,36)(H,32,35)(H,33,34)/b3-2+,12-7+/t20-/m0/s1. The van der Waals surface area contributed by atoms with Gasteiger partial charge in [-0.3, -0.25) is 9.59 Å². The van der Waals surface area contributed by atoms with E-state index in [1.54, 1.807) is 31.3 Å². The van der Waals surface area contributed by atoms with E-state index in [0.29, 0.717) is 63.5 Å². The van der Waals surface area contributed by atoms with E-state index in [1.165, 1.54) is 6.08 Å². The van der Waals surface area contributed by atoms with Gasteiger partial charge in [-0.1, -0.05) is 35.4 Å². The average molecular weight is 525 g/mol. The van der Waals surface area contributed by atoms with Crippen LogP contribution < -0.4 is 21.7 Å². The Bertz CT molecular complexity index is 1350. The van der Waals surface area contributed by atoms with Crippen LogP contribution in [0.1, 0.15) is 36.7 Å². The monoisotopic (exact) mass is 524 g/mol. The molecule has 1 aliphatic heterocycles. The van der Waals surface area contributed by atoms with Gasteiger partial charge in [-0.05, 0) is 60.9 Å². The smallest absolute Gasteiger partial charge is 0.244 e. The van der Waals surface area contributed by atoms with Crippen molar-refractivity contribution in [3.8, 4) is 11.3 Å². The first kappa shape index (κ1) is 25.3. The molecule has 10 heteroatoms. The van der Waals surface area contributed by atoms with Gasteiger partial charge >= 0.3 is 0 Å². The molecule has 8 nitrogen and oxygen atoms in total. The van der Waals surface area contributed by atoms with Crippen molar-refractivity contribution in [2.45, 2.75) is 25.3 Å². The van der Waals surface area contributed by atoms with Crippen LogP contribution in [0.2, 0.25) is 10.2 Å². The number of hydrogen-bond donors (Lipinski definition) is 5. The molecule has 2 bridgehead atoms. The van der Waals surface area contributed by atoms with Gasteiger partial charge in [0.15, 0.2) is 0 Å². The van der Waals surface area contributed by atoms with Crippen LogP contribution in [0.4, 0.5) is 17.1 Å². The fourth-order valence-electron chi connectivity index (χ4n) is 3.81. The Kier molecular flexibility index (Phi) is 7.97. The fourth-order valence-corrected chi connectivity index (χ4v) is 4.24. The van der Waals surface area contributed by atoms with Crippen LogP contribution in [0.5, 0.6) is 0 Å². The lowest BCUT2D eigenvalue weighted by Gasteiger charge is -2.14. The highest BCUT2D eigenvalue weighted by Gasteiger charge is 2.22. The summed E-state index contributed by atoms with van der Waals surface area (Å²) in [7, 11) is 1.80. The van der Waals surface area contributed by atoms with E-state index in [1.807, 2.05) is 30.4 Å². The van der Waals surface area contributed by atoms with Gasteiger partial charge in [-0.2, -0.15) is 0 Å². The number of anilines is 3. The zero-order valence-electron chi connectivity index (χ0n) is 19.6. The van der Waals surface area contributed by atoms with Gasteiger partial charge in [0.25, 0.3) is 0 Å². The number of H-pyrrole nitrogens is 1. The van der Waals surface area contributed by atoms with Crippen molar-refractivity contribution in [2.24, 2.45) is 0 Å². The number of allylic oxidation sites excluding steroid dienone is 1. The Morgan fingerprint density at radius 2 is 2.03 bits per heavy atom. The number of carbonyl (C=O) groups is 2. The van der Waals surface area contributed by atoms with E-state index in [4.69, 9.17) is 33.9 Å². The Balaban J connectivity index is 1.65. The topological polar surface area (TPSA) is 125 Å². The van der Waals surface area contributed by atoms with Crippen LogP contribution >= 0.6 is 23.2 Å². The minimum absolute atomic E-state index is 0.115. The minimum Gasteiger partial charge on any atom is -0.398 e. The van der Waals surface area contributed by atoms with Crippen molar-refractivity contribution >= 4 is 58.2 Å². The second-order valence-corrected chi connectivity index (χ2v) is 9.07. The molecular formula is C26H26Cl2N6O2. The number of benzene rings is 2. The van der Waals surface area contributed by atoms with Crippen LogP contribution in [-0.4, -0.2) is 28.8 Å². The molecule has 2 heterocycles. The zero-order chi connectivity index (χ0) is 25.7. The number of rotatable bonds is 4. The summed E-state index contributed by atoms with van der Waals surface area (Å²) in [5.41, 5.74) is 9.71. The molecular weight excluding hydrogens is 499 g/mol. The molecule has 6 N–H and O–H groups in total. The third-order valence-electron chi connectivity index (χ3n) is 5.70. The second kappa shape index (κ2) is 11.3.